The normalized spacial score (nSPS) is 10.9. The number of ether oxygens (including phenoxy) is 2. The number of likely N-dealkylation sites (N-methyl/N-ethyl adjacent to an activating group) is 1. The van der Waals surface area contributed by atoms with Crippen LogP contribution >= 0.6 is 0 Å². The van der Waals surface area contributed by atoms with Crippen LogP contribution in [-0.4, -0.2) is 37.7 Å². The number of hydrazone groups is 1. The summed E-state index contributed by atoms with van der Waals surface area (Å²) >= 11 is 0. The third-order valence-electron chi connectivity index (χ3n) is 3.53. The van der Waals surface area contributed by atoms with Gasteiger partial charge in [-0.2, -0.15) is 5.84 Å². The summed E-state index contributed by atoms with van der Waals surface area (Å²) in [6, 6.07) is 14.2. The number of anilines is 1. The molecule has 8 nitrogen and oxygen atoms in total. The highest BCUT2D eigenvalue weighted by Crippen LogP contribution is 2.20. The average molecular weight is 344 g/mol. The van der Waals surface area contributed by atoms with E-state index in [9.17, 15) is 4.79 Å². The molecule has 0 aliphatic carbocycles. The predicted molar refractivity (Wildman–Crippen MR) is 95.8 cm³/mol. The summed E-state index contributed by atoms with van der Waals surface area (Å²) in [5, 5.41) is 0. The summed E-state index contributed by atoms with van der Waals surface area (Å²) in [6.45, 7) is -0.102. The number of carbonyl (C=O) groups is 1. The molecule has 0 saturated carbocycles. The lowest BCUT2D eigenvalue weighted by molar-refractivity contribution is -0.449. The first-order chi connectivity index (χ1) is 12.0. The minimum absolute atomic E-state index is 0.102. The second-order valence-electron chi connectivity index (χ2n) is 5.14. The molecule has 0 heterocycles. The van der Waals surface area contributed by atoms with Gasteiger partial charge < -0.3 is 14.4 Å². The van der Waals surface area contributed by atoms with Crippen molar-refractivity contribution >= 4 is 23.6 Å². The summed E-state index contributed by atoms with van der Waals surface area (Å²) < 4.78 is 12.0. The Morgan fingerprint density at radius 3 is 2.60 bits per heavy atom. The molecular formula is C17H22N5O3+. The Bertz CT molecular complexity index is 746. The fourth-order valence-electron chi connectivity index (χ4n) is 2.08. The third kappa shape index (κ3) is 4.85. The van der Waals surface area contributed by atoms with Gasteiger partial charge in [0.25, 0.3) is 12.2 Å². The van der Waals surface area contributed by atoms with E-state index in [1.807, 2.05) is 0 Å². The molecule has 5 N–H and O–H groups in total. The van der Waals surface area contributed by atoms with E-state index in [-0.39, 0.29) is 12.5 Å². The average Bonchev–Trinajstić information content (AvgIpc) is 2.66. The van der Waals surface area contributed by atoms with Gasteiger partial charge in [0.2, 0.25) is 0 Å². The van der Waals surface area contributed by atoms with Crippen molar-refractivity contribution in [2.45, 2.75) is 0 Å². The molecule has 8 heteroatoms. The Hall–Kier alpha value is -3.26. The van der Waals surface area contributed by atoms with Crippen LogP contribution in [0.5, 0.6) is 11.5 Å². The Morgan fingerprint density at radius 2 is 1.96 bits per heavy atom. The molecule has 0 bridgehead atoms. The lowest BCUT2D eigenvalue weighted by Crippen LogP contribution is -2.31. The van der Waals surface area contributed by atoms with Gasteiger partial charge in [0.15, 0.2) is 12.3 Å². The third-order valence-corrected chi connectivity index (χ3v) is 3.53. The Labute approximate surface area is 146 Å². The predicted octanol–water partition coefficient (Wildman–Crippen LogP) is 0.746. The monoisotopic (exact) mass is 344 g/mol. The van der Waals surface area contributed by atoms with Gasteiger partial charge in [0.05, 0.1) is 7.11 Å². The minimum atomic E-state index is -0.185. The molecule has 0 spiro atoms. The molecule has 0 atom stereocenters. The number of benzene rings is 2. The van der Waals surface area contributed by atoms with Gasteiger partial charge >= 0.3 is 0 Å². The van der Waals surface area contributed by atoms with Crippen LogP contribution in [0.3, 0.4) is 0 Å². The maximum absolute atomic E-state index is 12.3. The maximum atomic E-state index is 12.3. The molecular weight excluding hydrogens is 322 g/mol. The molecule has 2 rings (SSSR count). The minimum Gasteiger partial charge on any atom is -0.497 e. The smallest absolute Gasteiger partial charge is 0.278 e. The number of nitrogens with zero attached hydrogens (tertiary/aromatic N) is 2. The molecule has 0 unspecified atom stereocenters. The highest BCUT2D eigenvalue weighted by Gasteiger charge is 2.12. The van der Waals surface area contributed by atoms with E-state index in [2.05, 4.69) is 5.43 Å². The van der Waals surface area contributed by atoms with Crippen molar-refractivity contribution in [2.75, 3.05) is 25.7 Å². The van der Waals surface area contributed by atoms with Gasteiger partial charge in [0, 0.05) is 18.8 Å². The van der Waals surface area contributed by atoms with E-state index in [1.54, 1.807) is 62.7 Å². The molecule has 0 fully saturated rings. The van der Waals surface area contributed by atoms with E-state index >= 15 is 0 Å². The lowest BCUT2D eigenvalue weighted by Gasteiger charge is -2.18. The molecule has 0 aliphatic rings. The van der Waals surface area contributed by atoms with Gasteiger partial charge in [-0.15, -0.1) is 4.68 Å². The van der Waals surface area contributed by atoms with Gasteiger partial charge in [-0.3, -0.25) is 10.6 Å². The first-order valence-corrected chi connectivity index (χ1v) is 7.52. The summed E-state index contributed by atoms with van der Waals surface area (Å²) in [5.74, 6) is 12.0. The molecule has 1 amide bonds. The Balaban J connectivity index is 1.99. The highest BCUT2D eigenvalue weighted by molar-refractivity contribution is 5.93. The zero-order chi connectivity index (χ0) is 18.2. The van der Waals surface area contributed by atoms with Crippen LogP contribution in [0.4, 0.5) is 11.4 Å². The molecule has 2 aromatic rings. The number of amides is 1. The maximum Gasteiger partial charge on any atom is 0.278 e. The van der Waals surface area contributed by atoms with Crippen molar-refractivity contribution in [3.8, 4) is 11.5 Å². The fraction of sp³-hybridized carbons (Fsp3) is 0.176. The van der Waals surface area contributed by atoms with Crippen LogP contribution in [0, 0.1) is 0 Å². The molecule has 0 radical (unpaired) electrons. The van der Waals surface area contributed by atoms with Gasteiger partial charge in [-0.25, -0.2) is 5.43 Å². The molecule has 2 aromatic carbocycles. The number of hydrogen-bond donors (Lipinski definition) is 3. The van der Waals surface area contributed by atoms with E-state index in [0.717, 1.165) is 11.4 Å². The summed E-state index contributed by atoms with van der Waals surface area (Å²) in [7, 11) is 3.28. The van der Waals surface area contributed by atoms with Crippen molar-refractivity contribution in [3.63, 3.8) is 0 Å². The summed E-state index contributed by atoms with van der Waals surface area (Å²) in [6.07, 6.45) is 1.39. The molecule has 25 heavy (non-hydrogen) atoms. The highest BCUT2D eigenvalue weighted by atomic mass is 16.5. The molecule has 0 aromatic heterocycles. The number of methoxy groups -OCH3 is 1. The molecule has 132 valence electrons. The standard InChI is InChI=1S/C17H21N5O3/c1-21(13-6-8-15(24-2)9-7-13)17(23)11-25-16-5-3-4-14(10-16)22(19)12-20-18/h3-10,12H,11,18-19H2,1-2H3/p+1. The van der Waals surface area contributed by atoms with Crippen molar-refractivity contribution in [3.05, 3.63) is 48.5 Å². The van der Waals surface area contributed by atoms with E-state index < -0.39 is 0 Å². The van der Waals surface area contributed by atoms with Crippen molar-refractivity contribution < 1.29 is 19.0 Å². The Morgan fingerprint density at radius 1 is 1.24 bits per heavy atom. The van der Waals surface area contributed by atoms with Crippen LogP contribution in [0.25, 0.3) is 0 Å². The van der Waals surface area contributed by atoms with Crippen molar-refractivity contribution in [1.29, 1.82) is 0 Å². The van der Waals surface area contributed by atoms with Gasteiger partial charge in [-0.05, 0) is 36.4 Å². The number of nitrogens with two attached hydrogens (primary N) is 2. The summed E-state index contributed by atoms with van der Waals surface area (Å²) in [5.41, 5.74) is 3.75. The number of hydrazine groups is 2. The van der Waals surface area contributed by atoms with E-state index in [0.29, 0.717) is 11.4 Å². The second kappa shape index (κ2) is 8.55. The van der Waals surface area contributed by atoms with Crippen LogP contribution < -0.4 is 31.5 Å². The lowest BCUT2D eigenvalue weighted by atomic mass is 10.3. The van der Waals surface area contributed by atoms with Crippen LogP contribution in [0.1, 0.15) is 0 Å². The first-order valence-electron chi connectivity index (χ1n) is 7.52. The van der Waals surface area contributed by atoms with Crippen LogP contribution in [0.2, 0.25) is 0 Å². The zero-order valence-corrected chi connectivity index (χ0v) is 14.2. The van der Waals surface area contributed by atoms with Crippen molar-refractivity contribution in [1.82, 2.24) is 5.43 Å². The second-order valence-corrected chi connectivity index (χ2v) is 5.14. The quantitative estimate of drug-likeness (QED) is 0.225. The largest absolute Gasteiger partial charge is 0.497 e. The van der Waals surface area contributed by atoms with Gasteiger partial charge in [-0.1, -0.05) is 6.07 Å². The number of nitrogens with one attached hydrogen (secondary N) is 1. The fourth-order valence-corrected chi connectivity index (χ4v) is 2.08. The van der Waals surface area contributed by atoms with Crippen LogP contribution in [0.15, 0.2) is 48.5 Å². The topological polar surface area (TPSA) is 106 Å². The SMILES string of the molecule is COc1ccc(N(C)C(=O)COc2cccc(/[N+](N)=C/NN)c2)cc1. The Kier molecular flexibility index (Phi) is 6.19. The van der Waals surface area contributed by atoms with E-state index in [1.165, 1.54) is 15.9 Å². The van der Waals surface area contributed by atoms with Gasteiger partial charge in [0.1, 0.15) is 11.5 Å². The molecule has 0 saturated heterocycles. The van der Waals surface area contributed by atoms with E-state index in [4.69, 9.17) is 21.2 Å². The number of carbonyl (C=O) groups excluding carboxylic acids is 1. The number of rotatable bonds is 7. The molecule has 0 aliphatic heterocycles. The number of hydrogen-bond acceptors (Lipinski definition) is 5. The zero-order valence-electron chi connectivity index (χ0n) is 14.2. The van der Waals surface area contributed by atoms with Crippen molar-refractivity contribution in [2.24, 2.45) is 11.7 Å². The van der Waals surface area contributed by atoms with Crippen LogP contribution in [-0.2, 0) is 4.79 Å². The summed E-state index contributed by atoms with van der Waals surface area (Å²) in [4.78, 5) is 13.8. The first kappa shape index (κ1) is 18.1.